The summed E-state index contributed by atoms with van der Waals surface area (Å²) in [5.74, 6) is -0.283. The van der Waals surface area contributed by atoms with E-state index in [1.54, 1.807) is 7.05 Å². The Morgan fingerprint density at radius 2 is 1.46 bits per heavy atom. The van der Waals surface area contributed by atoms with Gasteiger partial charge in [-0.2, -0.15) is 13.6 Å². The van der Waals surface area contributed by atoms with E-state index in [1.807, 2.05) is 0 Å². The third kappa shape index (κ3) is 7.61. The van der Waals surface area contributed by atoms with Gasteiger partial charge in [0.2, 0.25) is 5.95 Å². The van der Waals surface area contributed by atoms with Gasteiger partial charge in [0.05, 0.1) is 26.2 Å². The van der Waals surface area contributed by atoms with E-state index < -0.39 is 97.5 Å². The number of phosphoric ester groups is 2. The molecule has 0 spiro atoms. The lowest BCUT2D eigenvalue weighted by molar-refractivity contribution is -0.0877. The van der Waals surface area contributed by atoms with Gasteiger partial charge in [-0.3, -0.25) is 23.4 Å². The largest absolute Gasteiger partial charge is 0.490 e. The minimum absolute atomic E-state index is 0.000429. The van der Waals surface area contributed by atoms with Crippen LogP contribution in [0.25, 0.3) is 11.2 Å². The molecule has 0 aromatic carbocycles. The number of nitrogens with two attached hydrogens (primary N) is 2. The van der Waals surface area contributed by atoms with Crippen LogP contribution in [0.2, 0.25) is 0 Å². The normalized spacial score (nSPS) is 34.2. The Balaban J connectivity index is 1.02. The van der Waals surface area contributed by atoms with Crippen LogP contribution in [0.1, 0.15) is 6.23 Å². The van der Waals surface area contributed by atoms with Crippen molar-refractivity contribution >= 4 is 46.5 Å². The molecule has 28 nitrogen and oxygen atoms in total. The molecule has 0 aliphatic carbocycles. The highest BCUT2D eigenvalue weighted by Crippen LogP contribution is 2.67. The second kappa shape index (κ2) is 13.9. The lowest BCUT2D eigenvalue weighted by atomic mass is 10.1. The highest BCUT2D eigenvalue weighted by Gasteiger charge is 2.51. The average molecular weight is 806 g/mol. The molecule has 0 bridgehead atoms. The van der Waals surface area contributed by atoms with Gasteiger partial charge in [0.15, 0.2) is 35.8 Å². The maximum Gasteiger partial charge on any atom is 0.490 e. The van der Waals surface area contributed by atoms with Crippen molar-refractivity contribution < 1.29 is 81.1 Å². The Morgan fingerprint density at radius 3 is 2.06 bits per heavy atom. The zero-order valence-electron chi connectivity index (χ0n) is 26.2. The number of nitrogen functional groups attached to an aromatic ring is 1. The van der Waals surface area contributed by atoms with Crippen molar-refractivity contribution in [1.29, 1.82) is 0 Å². The molecule has 0 amide bonds. The van der Waals surface area contributed by atoms with Crippen molar-refractivity contribution in [3.8, 4) is 0 Å². The quantitative estimate of drug-likeness (QED) is 0.0891. The summed E-state index contributed by atoms with van der Waals surface area (Å²) in [6, 6.07) is 0. The second-order valence-electron chi connectivity index (χ2n) is 11.6. The number of H-pyrrole nitrogens is 1. The van der Waals surface area contributed by atoms with Gasteiger partial charge in [-0.15, -0.1) is 0 Å². The highest BCUT2D eigenvalue weighted by atomic mass is 31.3. The number of aliphatic hydroxyl groups is 5. The number of nitrogens with one attached hydrogen (secondary N) is 2. The van der Waals surface area contributed by atoms with Gasteiger partial charge in [0.1, 0.15) is 48.1 Å². The predicted octanol–water partition coefficient (Wildman–Crippen LogP) is -5.25. The van der Waals surface area contributed by atoms with Gasteiger partial charge in [0, 0.05) is 7.05 Å². The van der Waals surface area contributed by atoms with Crippen LogP contribution in [0, 0.1) is 0 Å². The topological polar surface area (TPSA) is 415 Å². The van der Waals surface area contributed by atoms with Crippen molar-refractivity contribution in [3.63, 3.8) is 0 Å². The molecule has 7 unspecified atom stereocenters. The number of ether oxygens (including phenoxy) is 2. The zero-order valence-corrected chi connectivity index (χ0v) is 28.9. The standard InChI is InChI=1S/C21H33N10O18P3/c1-29-5-31(15-9(29)17(37)28-21(23)26-15)19-13(35)11(33)7(47-19)3-45-51(40,41)49-52(42,43)48-50(38,39)44-2-6-10(32)12(34)18(46-6)30-4-24-8-14(30)25-20(22)27-16(8)36/h4,6-7,10-13,17-19,32-35,37H,2-3,5H2,1H3,(H,38,39)(H,40,41)(H,42,43)(H3,23,26,28)(H3,22,25,27,36)/t6-,7-,10?,11?,12?,13-,17?,18-,19-/m1/s1. The predicted molar refractivity (Wildman–Crippen MR) is 165 cm³/mol. The summed E-state index contributed by atoms with van der Waals surface area (Å²) in [5.41, 5.74) is 10.4. The molecule has 14 N–H and O–H groups in total. The maximum atomic E-state index is 12.5. The second-order valence-corrected chi connectivity index (χ2v) is 16.2. The first-order valence-electron chi connectivity index (χ1n) is 14.6. The fourth-order valence-electron chi connectivity index (χ4n) is 5.72. The molecule has 31 heteroatoms. The van der Waals surface area contributed by atoms with E-state index in [9.17, 15) is 58.7 Å². The molecule has 2 aromatic rings. The van der Waals surface area contributed by atoms with Gasteiger partial charge in [-0.05, 0) is 0 Å². The van der Waals surface area contributed by atoms with Crippen LogP contribution in [-0.4, -0.2) is 152 Å². The number of likely N-dealkylation sites (N-methyl/N-ethyl adjacent to an activating group) is 1. The van der Waals surface area contributed by atoms with E-state index in [0.717, 1.165) is 10.9 Å². The number of aromatic nitrogens is 4. The van der Waals surface area contributed by atoms with Crippen LogP contribution >= 0.6 is 23.5 Å². The van der Waals surface area contributed by atoms with Crippen LogP contribution in [0.3, 0.4) is 0 Å². The number of rotatable bonds is 12. The van der Waals surface area contributed by atoms with E-state index in [-0.39, 0.29) is 41.3 Å². The van der Waals surface area contributed by atoms with Crippen molar-refractivity contribution in [3.05, 3.63) is 28.2 Å². The van der Waals surface area contributed by atoms with Crippen molar-refractivity contribution in [2.75, 3.05) is 32.7 Å². The minimum atomic E-state index is -5.99. The van der Waals surface area contributed by atoms with E-state index >= 15 is 0 Å². The molecule has 12 atom stereocenters. The number of hydrogen-bond donors (Lipinski definition) is 12. The van der Waals surface area contributed by atoms with Crippen LogP contribution in [-0.2, 0) is 40.8 Å². The van der Waals surface area contributed by atoms with Crippen molar-refractivity contribution in [2.45, 2.75) is 55.3 Å². The van der Waals surface area contributed by atoms with Crippen LogP contribution < -0.4 is 22.3 Å². The fraction of sp³-hybridized carbons (Fsp3) is 0.619. The molecular weight excluding hydrogens is 773 g/mol. The maximum absolute atomic E-state index is 12.5. The lowest BCUT2D eigenvalue weighted by Crippen LogP contribution is -2.48. The number of imidazole rings is 1. The molecular formula is C21H33N10O18P3. The lowest BCUT2D eigenvalue weighted by Gasteiger charge is -2.31. The Kier molecular flexibility index (Phi) is 10.4. The summed E-state index contributed by atoms with van der Waals surface area (Å²) in [7, 11) is -15.8. The molecule has 6 rings (SSSR count). The van der Waals surface area contributed by atoms with E-state index in [4.69, 9.17) is 20.9 Å². The van der Waals surface area contributed by atoms with E-state index in [1.165, 1.54) is 9.80 Å². The SMILES string of the molecule is CN1CN([C@@H]2O[C@H](COP(=O)(O)OP(=O)(O)OP(=O)(O)OC[C@H]3O[C@@H](n4cnc5c(=O)[nH]c(N)nc54)C(O)C3O)C(O)[C@H]2O)C2=C1C(O)N=C(N)N2. The molecule has 6 heterocycles. The number of anilines is 1. The van der Waals surface area contributed by atoms with Crippen LogP contribution in [0.4, 0.5) is 5.95 Å². The van der Waals surface area contributed by atoms with Crippen molar-refractivity contribution in [2.24, 2.45) is 10.7 Å². The molecule has 0 saturated carbocycles. The summed E-state index contributed by atoms with van der Waals surface area (Å²) in [4.78, 5) is 58.7. The van der Waals surface area contributed by atoms with Crippen LogP contribution in [0.5, 0.6) is 0 Å². The Labute approximate surface area is 289 Å². The van der Waals surface area contributed by atoms with Crippen LogP contribution in [0.15, 0.2) is 27.6 Å². The number of fused-ring (bicyclic) bond motifs is 1. The first-order valence-corrected chi connectivity index (χ1v) is 19.1. The summed E-state index contributed by atoms with van der Waals surface area (Å²) < 4.78 is 66.8. The van der Waals surface area contributed by atoms with E-state index in [2.05, 4.69) is 42.9 Å². The molecule has 2 fully saturated rings. The Hall–Kier alpha value is -3.11. The first kappa shape index (κ1) is 38.6. The third-order valence-electron chi connectivity index (χ3n) is 7.98. The van der Waals surface area contributed by atoms with Gasteiger partial charge in [0.25, 0.3) is 5.56 Å². The van der Waals surface area contributed by atoms with E-state index in [0.29, 0.717) is 0 Å². The summed E-state index contributed by atoms with van der Waals surface area (Å²) in [6.07, 6.45) is -13.3. The summed E-state index contributed by atoms with van der Waals surface area (Å²) in [5, 5.41) is 55.1. The molecule has 290 valence electrons. The first-order chi connectivity index (χ1) is 24.2. The van der Waals surface area contributed by atoms with Gasteiger partial charge in [-0.25, -0.2) is 23.7 Å². The number of hydrogen-bond acceptors (Lipinski definition) is 23. The number of aromatic amines is 1. The fourth-order valence-corrected chi connectivity index (χ4v) is 9.24. The van der Waals surface area contributed by atoms with Gasteiger partial charge in [-0.1, -0.05) is 0 Å². The minimum Gasteiger partial charge on any atom is -0.387 e. The average Bonchev–Trinajstić information content (AvgIpc) is 3.74. The highest BCUT2D eigenvalue weighted by molar-refractivity contribution is 7.66. The number of aliphatic hydroxyl groups excluding tert-OH is 5. The van der Waals surface area contributed by atoms with Crippen molar-refractivity contribution in [1.82, 2.24) is 34.6 Å². The number of phosphoric acid groups is 3. The summed E-state index contributed by atoms with van der Waals surface area (Å²) >= 11 is 0. The van der Waals surface area contributed by atoms with Gasteiger partial charge >= 0.3 is 23.5 Å². The third-order valence-corrected chi connectivity index (χ3v) is 12.2. The number of aliphatic imine (C=N–C) groups is 1. The molecule has 4 aliphatic heterocycles. The molecule has 4 aliphatic rings. The Bertz CT molecular complexity index is 1980. The molecule has 52 heavy (non-hydrogen) atoms. The van der Waals surface area contributed by atoms with Gasteiger partial charge < -0.3 is 76.3 Å². The number of nitrogens with zero attached hydrogens (tertiary/aromatic N) is 6. The molecule has 0 radical (unpaired) electrons. The molecule has 2 aromatic heterocycles. The monoisotopic (exact) mass is 806 g/mol. The zero-order chi connectivity index (χ0) is 38.1. The molecule has 2 saturated heterocycles. The number of guanidine groups is 1. The summed E-state index contributed by atoms with van der Waals surface area (Å²) in [6.45, 7) is -2.13. The Morgan fingerprint density at radius 1 is 0.904 bits per heavy atom. The smallest absolute Gasteiger partial charge is 0.387 e.